The SMILES string of the molecule is CCOC(=O)CCl.CCOC=O. The largest absolute Gasteiger partial charge is 0.468 e. The molecule has 0 aliphatic rings. The van der Waals surface area contributed by atoms with Crippen molar-refractivity contribution in [3.05, 3.63) is 0 Å². The van der Waals surface area contributed by atoms with Gasteiger partial charge in [-0.05, 0) is 13.8 Å². The van der Waals surface area contributed by atoms with Crippen LogP contribution in [0.4, 0.5) is 0 Å². The molecule has 0 unspecified atom stereocenters. The summed E-state index contributed by atoms with van der Waals surface area (Å²) in [5.41, 5.74) is 0. The summed E-state index contributed by atoms with van der Waals surface area (Å²) < 4.78 is 8.57. The molecule has 0 aromatic carbocycles. The number of hydrogen-bond acceptors (Lipinski definition) is 4. The first-order chi connectivity index (χ1) is 5.72. The number of carbonyl (C=O) groups excluding carboxylic acids is 2. The molecular formula is C7H13ClO4. The third-order valence-electron chi connectivity index (χ3n) is 0.649. The van der Waals surface area contributed by atoms with Crippen molar-refractivity contribution in [2.75, 3.05) is 19.1 Å². The highest BCUT2D eigenvalue weighted by atomic mass is 35.5. The fourth-order valence-electron chi connectivity index (χ4n) is 0.268. The average molecular weight is 197 g/mol. The summed E-state index contributed by atoms with van der Waals surface area (Å²) >= 11 is 5.06. The Balaban J connectivity index is 0. The number of alkyl halides is 1. The van der Waals surface area contributed by atoms with Gasteiger partial charge in [0.05, 0.1) is 13.2 Å². The molecule has 0 amide bonds. The van der Waals surface area contributed by atoms with Gasteiger partial charge in [-0.25, -0.2) is 0 Å². The quantitative estimate of drug-likeness (QED) is 0.382. The predicted octanol–water partition coefficient (Wildman–Crippen LogP) is 0.968. The molecule has 0 fully saturated rings. The van der Waals surface area contributed by atoms with Gasteiger partial charge in [0.25, 0.3) is 6.47 Å². The van der Waals surface area contributed by atoms with E-state index in [4.69, 9.17) is 11.6 Å². The van der Waals surface area contributed by atoms with Crippen LogP contribution in [-0.4, -0.2) is 31.5 Å². The van der Waals surface area contributed by atoms with E-state index in [1.165, 1.54) is 0 Å². The average Bonchev–Trinajstić information content (AvgIpc) is 2.07. The van der Waals surface area contributed by atoms with Crippen molar-refractivity contribution in [1.29, 1.82) is 0 Å². The standard InChI is InChI=1S/C4H7ClO2.C3H6O2/c1-2-7-4(6)3-5;1-2-5-3-4/h2-3H2,1H3;3H,2H2,1H3. The van der Waals surface area contributed by atoms with Crippen LogP contribution in [-0.2, 0) is 19.1 Å². The van der Waals surface area contributed by atoms with Crippen molar-refractivity contribution < 1.29 is 19.1 Å². The van der Waals surface area contributed by atoms with Gasteiger partial charge in [0.1, 0.15) is 5.88 Å². The Morgan fingerprint density at radius 2 is 2.00 bits per heavy atom. The van der Waals surface area contributed by atoms with Crippen molar-refractivity contribution >= 4 is 24.0 Å². The molecule has 0 aromatic heterocycles. The van der Waals surface area contributed by atoms with Crippen molar-refractivity contribution in [3.8, 4) is 0 Å². The second-order valence-corrected chi connectivity index (χ2v) is 1.76. The minimum absolute atomic E-state index is 0.0478. The molecule has 0 rings (SSSR count). The fraction of sp³-hybridized carbons (Fsp3) is 0.714. The number of hydrogen-bond donors (Lipinski definition) is 0. The predicted molar refractivity (Wildman–Crippen MR) is 45.0 cm³/mol. The lowest BCUT2D eigenvalue weighted by Crippen LogP contribution is -2.03. The highest BCUT2D eigenvalue weighted by molar-refractivity contribution is 6.26. The van der Waals surface area contributed by atoms with Gasteiger partial charge in [-0.3, -0.25) is 9.59 Å². The smallest absolute Gasteiger partial charge is 0.320 e. The van der Waals surface area contributed by atoms with E-state index in [0.717, 1.165) is 0 Å². The fourth-order valence-corrected chi connectivity index (χ4v) is 0.345. The second-order valence-electron chi connectivity index (χ2n) is 1.49. The summed E-state index contributed by atoms with van der Waals surface area (Å²) in [4.78, 5) is 19.2. The van der Waals surface area contributed by atoms with Gasteiger partial charge in [0.2, 0.25) is 0 Å². The molecule has 0 atom stereocenters. The van der Waals surface area contributed by atoms with E-state index in [-0.39, 0.29) is 11.8 Å². The summed E-state index contributed by atoms with van der Waals surface area (Å²) in [6.45, 7) is 4.81. The van der Waals surface area contributed by atoms with Crippen molar-refractivity contribution in [2.24, 2.45) is 0 Å². The lowest BCUT2D eigenvalue weighted by molar-refractivity contribution is -0.140. The summed E-state index contributed by atoms with van der Waals surface area (Å²) in [5, 5.41) is 0. The van der Waals surface area contributed by atoms with Crippen LogP contribution in [0.15, 0.2) is 0 Å². The Hall–Kier alpha value is -0.770. The molecule has 4 nitrogen and oxygen atoms in total. The van der Waals surface area contributed by atoms with E-state index >= 15 is 0 Å². The second kappa shape index (κ2) is 12.9. The molecule has 72 valence electrons. The summed E-state index contributed by atoms with van der Waals surface area (Å²) in [5.74, 6) is -0.405. The van der Waals surface area contributed by atoms with Crippen molar-refractivity contribution in [3.63, 3.8) is 0 Å². The third kappa shape index (κ3) is 16.1. The minimum atomic E-state index is -0.357. The first kappa shape index (κ1) is 13.8. The maximum atomic E-state index is 10.1. The Morgan fingerprint density at radius 3 is 2.08 bits per heavy atom. The Kier molecular flexibility index (Phi) is 14.8. The van der Waals surface area contributed by atoms with Crippen LogP contribution in [0.25, 0.3) is 0 Å². The molecule has 0 radical (unpaired) electrons. The van der Waals surface area contributed by atoms with E-state index in [2.05, 4.69) is 9.47 Å². The molecule has 0 aliphatic carbocycles. The molecule has 5 heteroatoms. The molecule has 0 aliphatic heterocycles. The van der Waals surface area contributed by atoms with Crippen LogP contribution >= 0.6 is 11.6 Å². The van der Waals surface area contributed by atoms with Gasteiger partial charge in [0.15, 0.2) is 0 Å². The molecule has 12 heavy (non-hydrogen) atoms. The molecule has 0 saturated carbocycles. The Labute approximate surface area is 76.8 Å². The van der Waals surface area contributed by atoms with Crippen LogP contribution in [0.2, 0.25) is 0 Å². The van der Waals surface area contributed by atoms with Gasteiger partial charge in [-0.1, -0.05) is 0 Å². The van der Waals surface area contributed by atoms with Crippen molar-refractivity contribution in [1.82, 2.24) is 0 Å². The normalized spacial score (nSPS) is 7.58. The molecule has 0 N–H and O–H groups in total. The van der Waals surface area contributed by atoms with Crippen LogP contribution in [0, 0.1) is 0 Å². The molecule has 0 saturated heterocycles. The molecule has 0 bridgehead atoms. The summed E-state index contributed by atoms with van der Waals surface area (Å²) in [6.07, 6.45) is 0. The van der Waals surface area contributed by atoms with E-state index in [1.54, 1.807) is 13.8 Å². The van der Waals surface area contributed by atoms with E-state index in [1.807, 2.05) is 0 Å². The number of esters is 1. The first-order valence-electron chi connectivity index (χ1n) is 3.49. The Bertz CT molecular complexity index is 116. The molecular weight excluding hydrogens is 184 g/mol. The van der Waals surface area contributed by atoms with Crippen LogP contribution in [0.3, 0.4) is 0 Å². The van der Waals surface area contributed by atoms with E-state index in [0.29, 0.717) is 19.7 Å². The van der Waals surface area contributed by atoms with E-state index in [9.17, 15) is 9.59 Å². The van der Waals surface area contributed by atoms with Crippen molar-refractivity contribution in [2.45, 2.75) is 13.8 Å². The van der Waals surface area contributed by atoms with Gasteiger partial charge in [-0.15, -0.1) is 11.6 Å². The number of rotatable bonds is 4. The van der Waals surface area contributed by atoms with Crippen LogP contribution in [0.1, 0.15) is 13.8 Å². The zero-order valence-electron chi connectivity index (χ0n) is 7.21. The van der Waals surface area contributed by atoms with Gasteiger partial charge < -0.3 is 9.47 Å². The maximum Gasteiger partial charge on any atom is 0.320 e. The number of carbonyl (C=O) groups is 2. The molecule has 0 aromatic rings. The first-order valence-corrected chi connectivity index (χ1v) is 4.03. The number of ether oxygens (including phenoxy) is 2. The maximum absolute atomic E-state index is 10.1. The highest BCUT2D eigenvalue weighted by Gasteiger charge is 1.93. The zero-order valence-corrected chi connectivity index (χ0v) is 7.97. The molecule has 0 heterocycles. The van der Waals surface area contributed by atoms with Gasteiger partial charge in [0, 0.05) is 0 Å². The zero-order chi connectivity index (χ0) is 9.82. The summed E-state index contributed by atoms with van der Waals surface area (Å²) in [7, 11) is 0. The lowest BCUT2D eigenvalue weighted by Gasteiger charge is -1.92. The Morgan fingerprint density at radius 1 is 1.42 bits per heavy atom. The van der Waals surface area contributed by atoms with Crippen LogP contribution in [0.5, 0.6) is 0 Å². The summed E-state index contributed by atoms with van der Waals surface area (Å²) in [6, 6.07) is 0. The monoisotopic (exact) mass is 196 g/mol. The minimum Gasteiger partial charge on any atom is -0.468 e. The topological polar surface area (TPSA) is 52.6 Å². The molecule has 0 spiro atoms. The third-order valence-corrected chi connectivity index (χ3v) is 0.867. The number of halogens is 1. The van der Waals surface area contributed by atoms with Gasteiger partial charge >= 0.3 is 5.97 Å². The van der Waals surface area contributed by atoms with Gasteiger partial charge in [-0.2, -0.15) is 0 Å². The lowest BCUT2D eigenvalue weighted by atomic mass is 10.8. The van der Waals surface area contributed by atoms with E-state index < -0.39 is 0 Å². The van der Waals surface area contributed by atoms with Crippen LogP contribution < -0.4 is 0 Å². The highest BCUT2D eigenvalue weighted by Crippen LogP contribution is 1.79.